The molecule has 360 valence electrons. The van der Waals surface area contributed by atoms with E-state index in [1.54, 1.807) is 0 Å². The maximum atomic E-state index is 13.0. The Labute approximate surface area is 420 Å². The number of ether oxygens (including phenoxy) is 6. The van der Waals surface area contributed by atoms with Gasteiger partial charge in [0, 0.05) is 11.4 Å². The Morgan fingerprint density at radius 3 is 2.03 bits per heavy atom. The Hall–Kier alpha value is 0.286. The van der Waals surface area contributed by atoms with Crippen molar-refractivity contribution in [3.05, 3.63) is 11.6 Å². The normalized spacial score (nSPS) is 53.3. The number of aliphatic hydroxyl groups excluding tert-OH is 8. The number of hydrogen-bond donors (Lipinski definition) is 8. The van der Waals surface area contributed by atoms with Crippen LogP contribution in [0.25, 0.3) is 0 Å². The Morgan fingerprint density at radius 2 is 1.38 bits per heavy atom. The zero-order chi connectivity index (χ0) is 46.0. The number of carboxylic acids is 1. The zero-order valence-corrected chi connectivity index (χ0v) is 42.4. The minimum absolute atomic E-state index is 0. The van der Waals surface area contributed by atoms with Crippen LogP contribution in [-0.2, 0) is 33.2 Å². The molecule has 3 heterocycles. The molecule has 0 aromatic rings. The first kappa shape index (κ1) is 52.1. The minimum Gasteiger partial charge on any atom is -0.550 e. The van der Waals surface area contributed by atoms with Gasteiger partial charge in [0.15, 0.2) is 18.9 Å². The van der Waals surface area contributed by atoms with E-state index in [0.29, 0.717) is 25.2 Å². The third-order valence-corrected chi connectivity index (χ3v) is 18.9. The molecule has 0 aromatic heterocycles. The van der Waals surface area contributed by atoms with Crippen molar-refractivity contribution in [1.29, 1.82) is 0 Å². The summed E-state index contributed by atoms with van der Waals surface area (Å²) in [6, 6.07) is 0. The summed E-state index contributed by atoms with van der Waals surface area (Å²) in [6.07, 6.45) is -10.5. The number of aliphatic carboxylic acids is 1. The molecule has 0 amide bonds. The number of rotatable bonds is 8. The SMILES string of the molecule is C[C@@H]1O[C@@H](O[C@H]2[C@H](OC3CC[C@@]4(C)C(CC[C@]5(C)C4CC=C4C6CC(C)(C)CC[C@]6(C(=O)[O-])CC[C@]45C)C3(C)C)OC[C@H](O[C@H]3O[C@H](CO)[C@@H](O)[C@H](O)[C@H]3O)[C@@H]2O)[C@H](O)[C@H](O)[C@H]1O.[K+]. The number of allylic oxidation sites excluding steroid dienone is 2. The first-order valence-corrected chi connectivity index (χ1v) is 23.5. The van der Waals surface area contributed by atoms with E-state index >= 15 is 0 Å². The van der Waals surface area contributed by atoms with E-state index in [4.69, 9.17) is 28.4 Å². The van der Waals surface area contributed by atoms with Crippen LogP contribution in [0.1, 0.15) is 120 Å². The van der Waals surface area contributed by atoms with Crippen LogP contribution >= 0.6 is 0 Å². The third-order valence-electron chi connectivity index (χ3n) is 18.9. The molecular weight excluding hydrogens is 860 g/mol. The van der Waals surface area contributed by atoms with Crippen molar-refractivity contribution in [2.24, 2.45) is 50.2 Å². The van der Waals surface area contributed by atoms with Crippen LogP contribution in [-0.4, -0.2) is 152 Å². The van der Waals surface area contributed by atoms with Crippen LogP contribution in [0.3, 0.4) is 0 Å². The standard InChI is InChI=1S/C47H76O16.K/c1-22-30(49)33(52)35(54)38(59-22)63-37-32(51)26(61-39-36(55)34(53)31(50)25(20-48)60-39)21-58-40(37)62-29-12-13-44(6)27(43(29,4)5)11-14-46(8)28(44)10-9-23-24-19-42(2,3)15-17-47(24,41(56)57)18-16-45(23,46)7;/h9,22,24-40,48-55H,10-21H2,1-8H3,(H,56,57);/q;+1/p-1/t22-,24?,25+,26-,27?,28?,29?,30-,31+,32-,33+,34-,35+,36+,37+,38-,39+,40-,44-,45+,46+,47-;/m0./s1. The molecule has 16 nitrogen and oxygen atoms in total. The summed E-state index contributed by atoms with van der Waals surface area (Å²) in [6.45, 7) is 16.9. The summed E-state index contributed by atoms with van der Waals surface area (Å²) >= 11 is 0. The van der Waals surface area contributed by atoms with Gasteiger partial charge in [0.05, 0.1) is 25.4 Å². The van der Waals surface area contributed by atoms with Crippen LogP contribution in [0.15, 0.2) is 11.6 Å². The van der Waals surface area contributed by atoms with Crippen molar-refractivity contribution < 1.29 is 131 Å². The average Bonchev–Trinajstić information content (AvgIpc) is 3.22. The van der Waals surface area contributed by atoms with E-state index in [1.807, 2.05) is 0 Å². The van der Waals surface area contributed by atoms with Gasteiger partial charge in [0.25, 0.3) is 0 Å². The summed E-state index contributed by atoms with van der Waals surface area (Å²) in [5, 5.41) is 98.2. The molecule has 0 spiro atoms. The van der Waals surface area contributed by atoms with Gasteiger partial charge in [-0.15, -0.1) is 0 Å². The maximum absolute atomic E-state index is 13.0. The Kier molecular flexibility index (Phi) is 15.0. The fraction of sp³-hybridized carbons (Fsp3) is 0.936. The second-order valence-corrected chi connectivity index (χ2v) is 23.0. The largest absolute Gasteiger partial charge is 1.00 e. The van der Waals surface area contributed by atoms with Gasteiger partial charge in [0.2, 0.25) is 0 Å². The number of hydrogen-bond acceptors (Lipinski definition) is 16. The van der Waals surface area contributed by atoms with Crippen molar-refractivity contribution in [2.45, 2.75) is 212 Å². The monoisotopic (exact) mass is 934 g/mol. The maximum Gasteiger partial charge on any atom is 1.00 e. The first-order valence-electron chi connectivity index (χ1n) is 23.5. The molecule has 0 radical (unpaired) electrons. The van der Waals surface area contributed by atoms with Gasteiger partial charge in [0.1, 0.15) is 61.0 Å². The molecule has 3 saturated heterocycles. The summed E-state index contributed by atoms with van der Waals surface area (Å²) < 4.78 is 36.7. The summed E-state index contributed by atoms with van der Waals surface area (Å²) in [7, 11) is 0. The van der Waals surface area contributed by atoms with Crippen molar-refractivity contribution in [3.63, 3.8) is 0 Å². The molecule has 3 aliphatic heterocycles. The summed E-state index contributed by atoms with van der Waals surface area (Å²) in [5.74, 6) is -0.367. The molecule has 8 rings (SSSR count). The summed E-state index contributed by atoms with van der Waals surface area (Å²) in [4.78, 5) is 13.0. The average molecular weight is 935 g/mol. The quantitative estimate of drug-likeness (QED) is 0.0748. The molecule has 4 unspecified atom stereocenters. The van der Waals surface area contributed by atoms with Gasteiger partial charge >= 0.3 is 51.4 Å². The van der Waals surface area contributed by atoms with Gasteiger partial charge in [-0.05, 0) is 116 Å². The molecule has 0 bridgehead atoms. The van der Waals surface area contributed by atoms with Crippen molar-refractivity contribution >= 4 is 5.97 Å². The second-order valence-electron chi connectivity index (χ2n) is 23.0. The second kappa shape index (κ2) is 18.5. The van der Waals surface area contributed by atoms with E-state index in [1.165, 1.54) is 12.5 Å². The fourth-order valence-electron chi connectivity index (χ4n) is 14.8. The molecule has 64 heavy (non-hydrogen) atoms. The van der Waals surface area contributed by atoms with E-state index < -0.39 is 109 Å². The molecule has 4 saturated carbocycles. The molecule has 5 aliphatic carbocycles. The van der Waals surface area contributed by atoms with Gasteiger partial charge < -0.3 is 79.2 Å². The summed E-state index contributed by atoms with van der Waals surface area (Å²) in [5.41, 5.74) is -0.134. The Morgan fingerprint density at radius 1 is 0.734 bits per heavy atom. The van der Waals surface area contributed by atoms with E-state index in [-0.39, 0.29) is 97.6 Å². The molecule has 17 heteroatoms. The fourth-order valence-corrected chi connectivity index (χ4v) is 14.8. The van der Waals surface area contributed by atoms with Gasteiger partial charge in [-0.3, -0.25) is 0 Å². The van der Waals surface area contributed by atoms with Crippen molar-refractivity contribution in [3.8, 4) is 0 Å². The number of carbonyl (C=O) groups excluding carboxylic acids is 1. The number of carbonyl (C=O) groups is 1. The van der Waals surface area contributed by atoms with Crippen LogP contribution in [0, 0.1) is 50.2 Å². The zero-order valence-electron chi connectivity index (χ0n) is 39.3. The van der Waals surface area contributed by atoms with Gasteiger partial charge in [-0.1, -0.05) is 60.1 Å². The van der Waals surface area contributed by atoms with Crippen molar-refractivity contribution in [1.82, 2.24) is 0 Å². The van der Waals surface area contributed by atoms with E-state index in [2.05, 4.69) is 54.5 Å². The first-order chi connectivity index (χ1) is 29.4. The third kappa shape index (κ3) is 8.26. The van der Waals surface area contributed by atoms with Crippen LogP contribution in [0.4, 0.5) is 0 Å². The van der Waals surface area contributed by atoms with Gasteiger partial charge in [-0.2, -0.15) is 0 Å². The Balaban J connectivity index is 0.00000612. The Bertz CT molecular complexity index is 1730. The van der Waals surface area contributed by atoms with E-state index in [0.717, 1.165) is 44.9 Å². The van der Waals surface area contributed by atoms with Gasteiger partial charge in [-0.25, -0.2) is 0 Å². The molecule has 7 fully saturated rings. The minimum atomic E-state index is -1.75. The predicted molar refractivity (Wildman–Crippen MR) is 221 cm³/mol. The molecule has 8 N–H and O–H groups in total. The number of carboxylic acid groups (broad SMARTS) is 1. The number of aliphatic hydroxyl groups is 8. The topological polar surface area (TPSA) is 257 Å². The predicted octanol–water partition coefficient (Wildman–Crippen LogP) is -1.96. The molecule has 0 aromatic carbocycles. The molecular formula is C47H75KO16. The van der Waals surface area contributed by atoms with E-state index in [9.17, 15) is 50.8 Å². The number of fused-ring (bicyclic) bond motifs is 7. The van der Waals surface area contributed by atoms with Crippen LogP contribution in [0.2, 0.25) is 0 Å². The molecule has 8 aliphatic rings. The van der Waals surface area contributed by atoms with Crippen LogP contribution < -0.4 is 56.5 Å². The molecule has 22 atom stereocenters. The smallest absolute Gasteiger partial charge is 0.550 e. The van der Waals surface area contributed by atoms with Crippen LogP contribution in [0.5, 0.6) is 0 Å². The van der Waals surface area contributed by atoms with Crippen molar-refractivity contribution in [2.75, 3.05) is 13.2 Å².